The smallest absolute Gasteiger partial charge is 0.306 e. The van der Waals surface area contributed by atoms with Gasteiger partial charge in [-0.2, -0.15) is 0 Å². The summed E-state index contributed by atoms with van der Waals surface area (Å²) >= 11 is 3.40. The summed E-state index contributed by atoms with van der Waals surface area (Å²) in [6.45, 7) is 0.599. The van der Waals surface area contributed by atoms with E-state index in [-0.39, 0.29) is 12.5 Å². The van der Waals surface area contributed by atoms with Crippen molar-refractivity contribution < 1.29 is 14.6 Å². The van der Waals surface area contributed by atoms with Crippen molar-refractivity contribution in [2.75, 3.05) is 6.61 Å². The molecule has 80 valence electrons. The van der Waals surface area contributed by atoms with E-state index in [0.29, 0.717) is 6.61 Å². The fraction of sp³-hybridized carbons (Fsp3) is 0.364. The molecule has 0 saturated carbocycles. The third-order valence-corrected chi connectivity index (χ3v) is 3.00. The molecule has 1 aliphatic heterocycles. The quantitative estimate of drug-likeness (QED) is 0.899. The molecule has 0 radical (unpaired) electrons. The van der Waals surface area contributed by atoms with Crippen molar-refractivity contribution in [2.24, 2.45) is 0 Å². The highest BCUT2D eigenvalue weighted by atomic mass is 79.9. The van der Waals surface area contributed by atoms with E-state index in [2.05, 4.69) is 15.9 Å². The third-order valence-electron chi connectivity index (χ3n) is 2.50. The Bertz CT molecular complexity index is 389. The fourth-order valence-electron chi connectivity index (χ4n) is 1.83. The summed E-state index contributed by atoms with van der Waals surface area (Å²) in [5.41, 5.74) is 2.19. The Balaban J connectivity index is 2.30. The minimum absolute atomic E-state index is 0.0363. The van der Waals surface area contributed by atoms with Crippen LogP contribution in [-0.4, -0.2) is 17.7 Å². The molecule has 0 fully saturated rings. The van der Waals surface area contributed by atoms with Crippen LogP contribution < -0.4 is 0 Å². The van der Waals surface area contributed by atoms with Crippen LogP contribution >= 0.6 is 15.9 Å². The van der Waals surface area contributed by atoms with Crippen LogP contribution in [0.5, 0.6) is 0 Å². The molecule has 0 aromatic heterocycles. The number of fused-ring (bicyclic) bond motifs is 1. The van der Waals surface area contributed by atoms with E-state index >= 15 is 0 Å². The molecule has 1 unspecified atom stereocenters. The summed E-state index contributed by atoms with van der Waals surface area (Å²) in [5.74, 6) is -0.823. The number of carboxylic acid groups (broad SMARTS) is 1. The molecular formula is C11H11BrO3. The van der Waals surface area contributed by atoms with Gasteiger partial charge in [-0.3, -0.25) is 4.79 Å². The average molecular weight is 271 g/mol. The van der Waals surface area contributed by atoms with Crippen LogP contribution in [0.1, 0.15) is 23.7 Å². The lowest BCUT2D eigenvalue weighted by atomic mass is 9.96. The van der Waals surface area contributed by atoms with Gasteiger partial charge in [0.25, 0.3) is 0 Å². The predicted molar refractivity (Wildman–Crippen MR) is 58.8 cm³/mol. The maximum Gasteiger partial charge on any atom is 0.306 e. The number of ether oxygens (including phenoxy) is 1. The Morgan fingerprint density at radius 2 is 2.40 bits per heavy atom. The molecule has 0 saturated heterocycles. The third kappa shape index (κ3) is 2.38. The van der Waals surface area contributed by atoms with E-state index in [1.165, 1.54) is 5.56 Å². The van der Waals surface area contributed by atoms with Crippen LogP contribution in [0.15, 0.2) is 22.7 Å². The molecule has 1 aliphatic rings. The van der Waals surface area contributed by atoms with E-state index in [1.54, 1.807) is 0 Å². The molecule has 1 N–H and O–H groups in total. The Morgan fingerprint density at radius 3 is 3.13 bits per heavy atom. The summed E-state index contributed by atoms with van der Waals surface area (Å²) in [6.07, 6.45) is 0.596. The van der Waals surface area contributed by atoms with E-state index < -0.39 is 5.97 Å². The number of halogens is 1. The van der Waals surface area contributed by atoms with Gasteiger partial charge in [0.1, 0.15) is 0 Å². The van der Waals surface area contributed by atoms with Gasteiger partial charge in [0, 0.05) is 4.47 Å². The van der Waals surface area contributed by atoms with Gasteiger partial charge in [0.2, 0.25) is 0 Å². The number of carboxylic acids is 1. The summed E-state index contributed by atoms with van der Waals surface area (Å²) in [6, 6.07) is 5.89. The Labute approximate surface area is 96.2 Å². The van der Waals surface area contributed by atoms with Gasteiger partial charge >= 0.3 is 5.97 Å². The number of aliphatic carboxylic acids is 1. The molecule has 1 heterocycles. The predicted octanol–water partition coefficient (Wildman–Crippen LogP) is 2.54. The Morgan fingerprint density at radius 1 is 1.60 bits per heavy atom. The zero-order chi connectivity index (χ0) is 10.8. The van der Waals surface area contributed by atoms with Crippen LogP contribution in [0, 0.1) is 0 Å². The van der Waals surface area contributed by atoms with Crippen LogP contribution in [0.2, 0.25) is 0 Å². The van der Waals surface area contributed by atoms with Crippen LogP contribution in [-0.2, 0) is 16.0 Å². The second-order valence-electron chi connectivity index (χ2n) is 3.55. The largest absolute Gasteiger partial charge is 0.481 e. The first-order valence-electron chi connectivity index (χ1n) is 4.78. The molecule has 15 heavy (non-hydrogen) atoms. The molecule has 3 nitrogen and oxygen atoms in total. The number of benzene rings is 1. The molecule has 1 aromatic carbocycles. The maximum atomic E-state index is 10.7. The lowest BCUT2D eigenvalue weighted by Gasteiger charge is -2.25. The monoisotopic (exact) mass is 270 g/mol. The van der Waals surface area contributed by atoms with Crippen LogP contribution in [0.4, 0.5) is 0 Å². The molecule has 0 spiro atoms. The van der Waals surface area contributed by atoms with Crippen molar-refractivity contribution in [3.63, 3.8) is 0 Å². The molecule has 0 aliphatic carbocycles. The minimum Gasteiger partial charge on any atom is -0.481 e. The van der Waals surface area contributed by atoms with Gasteiger partial charge in [-0.15, -0.1) is 0 Å². The van der Waals surface area contributed by atoms with Gasteiger partial charge in [-0.1, -0.05) is 22.0 Å². The van der Waals surface area contributed by atoms with Gasteiger partial charge in [0.15, 0.2) is 0 Å². The summed E-state index contributed by atoms with van der Waals surface area (Å²) in [5, 5.41) is 8.76. The lowest BCUT2D eigenvalue weighted by molar-refractivity contribution is -0.140. The second-order valence-corrected chi connectivity index (χ2v) is 4.47. The first kappa shape index (κ1) is 10.6. The van der Waals surface area contributed by atoms with E-state index in [4.69, 9.17) is 9.84 Å². The first-order chi connectivity index (χ1) is 7.16. The zero-order valence-corrected chi connectivity index (χ0v) is 9.66. The molecule has 1 aromatic rings. The Hall–Kier alpha value is -0.870. The zero-order valence-electron chi connectivity index (χ0n) is 8.07. The van der Waals surface area contributed by atoms with Crippen molar-refractivity contribution >= 4 is 21.9 Å². The fourth-order valence-corrected chi connectivity index (χ4v) is 2.24. The normalized spacial score (nSPS) is 19.7. The van der Waals surface area contributed by atoms with Crippen molar-refractivity contribution in [3.05, 3.63) is 33.8 Å². The van der Waals surface area contributed by atoms with E-state index in [0.717, 1.165) is 16.5 Å². The van der Waals surface area contributed by atoms with Crippen LogP contribution in [0.25, 0.3) is 0 Å². The summed E-state index contributed by atoms with van der Waals surface area (Å²) in [7, 11) is 0. The number of hydrogen-bond acceptors (Lipinski definition) is 2. The topological polar surface area (TPSA) is 46.5 Å². The number of carbonyl (C=O) groups is 1. The first-order valence-corrected chi connectivity index (χ1v) is 5.58. The molecule has 0 amide bonds. The van der Waals surface area contributed by atoms with E-state index in [9.17, 15) is 4.79 Å². The molecule has 1 atom stereocenters. The lowest BCUT2D eigenvalue weighted by Crippen LogP contribution is -2.18. The average Bonchev–Trinajstić information content (AvgIpc) is 2.16. The van der Waals surface area contributed by atoms with Gasteiger partial charge in [-0.05, 0) is 29.7 Å². The Kier molecular flexibility index (Phi) is 3.07. The standard InChI is InChI=1S/C11H11BrO3/c12-8-1-2-9-7(5-8)3-4-15-10(9)6-11(13)14/h1-2,5,10H,3-4,6H2,(H,13,14). The second kappa shape index (κ2) is 4.33. The van der Waals surface area contributed by atoms with Gasteiger partial charge in [-0.25, -0.2) is 0 Å². The molecule has 4 heteroatoms. The van der Waals surface area contributed by atoms with Crippen molar-refractivity contribution in [3.8, 4) is 0 Å². The molecule has 2 rings (SSSR count). The van der Waals surface area contributed by atoms with Gasteiger partial charge < -0.3 is 9.84 Å². The SMILES string of the molecule is O=C(O)CC1OCCc2cc(Br)ccc21. The highest BCUT2D eigenvalue weighted by molar-refractivity contribution is 9.10. The summed E-state index contributed by atoms with van der Waals surface area (Å²) < 4.78 is 6.48. The van der Waals surface area contributed by atoms with E-state index in [1.807, 2.05) is 18.2 Å². The molecule has 0 bridgehead atoms. The summed E-state index contributed by atoms with van der Waals surface area (Å²) in [4.78, 5) is 10.7. The van der Waals surface area contributed by atoms with Crippen molar-refractivity contribution in [2.45, 2.75) is 18.9 Å². The van der Waals surface area contributed by atoms with Gasteiger partial charge in [0.05, 0.1) is 19.1 Å². The molecular weight excluding hydrogens is 260 g/mol. The van der Waals surface area contributed by atoms with Crippen LogP contribution in [0.3, 0.4) is 0 Å². The minimum atomic E-state index is -0.823. The number of rotatable bonds is 2. The van der Waals surface area contributed by atoms with Crippen molar-refractivity contribution in [1.29, 1.82) is 0 Å². The van der Waals surface area contributed by atoms with Crippen molar-refractivity contribution in [1.82, 2.24) is 0 Å². The number of hydrogen-bond donors (Lipinski definition) is 1. The highest BCUT2D eigenvalue weighted by Gasteiger charge is 2.23. The maximum absolute atomic E-state index is 10.7. The highest BCUT2D eigenvalue weighted by Crippen LogP contribution is 2.31.